The van der Waals surface area contributed by atoms with Crippen molar-refractivity contribution in [2.45, 2.75) is 297 Å². The van der Waals surface area contributed by atoms with Crippen LogP contribution in [0.15, 0.2) is 60.8 Å². The zero-order chi connectivity index (χ0) is 47.7. The molecule has 0 aliphatic carbocycles. The summed E-state index contributed by atoms with van der Waals surface area (Å²) in [5.74, 6) is -0.400. The smallest absolute Gasteiger partial charge is 0.306 e. The Labute approximate surface area is 411 Å². The van der Waals surface area contributed by atoms with Gasteiger partial charge in [0.15, 0.2) is 6.10 Å². The molecule has 384 valence electrons. The predicted octanol–water partition coefficient (Wildman–Crippen LogP) is 19.7. The van der Waals surface area contributed by atoms with Gasteiger partial charge in [-0.15, -0.1) is 0 Å². The fourth-order valence-electron chi connectivity index (χ4n) is 8.20. The number of rotatable bonds is 53. The summed E-state index contributed by atoms with van der Waals surface area (Å²) in [6.45, 7) is 7.78. The summed E-state index contributed by atoms with van der Waals surface area (Å²) in [5, 5.41) is 0. The Bertz CT molecular complexity index is 1130. The standard InChI is InChI=1S/C61H110O5/c1-4-7-10-13-16-19-22-25-27-29-30-31-33-35-38-41-44-47-50-53-56-64-57-59(66-61(63)55-52-49-46-43-40-36-24-21-18-15-12-9-6-3)58-65-60(62)54-51-48-45-42-39-37-34-32-28-26-23-20-17-14-11-8-5-2/h16-17,19-20,25-28,30-31,59H,4-15,18,21-24,29,32-58H2,1-3H3/b19-16-,20-17-,27-25-,28-26-,31-30-. The molecule has 0 spiro atoms. The Kier molecular flexibility index (Phi) is 54.9. The largest absolute Gasteiger partial charge is 0.462 e. The molecule has 0 rings (SSSR count). The molecule has 0 heterocycles. The molecule has 66 heavy (non-hydrogen) atoms. The summed E-state index contributed by atoms with van der Waals surface area (Å²) in [6.07, 6.45) is 72.3. The lowest BCUT2D eigenvalue weighted by Crippen LogP contribution is -2.30. The number of unbranched alkanes of at least 4 members (excludes halogenated alkanes) is 32. The third-order valence-corrected chi connectivity index (χ3v) is 12.5. The van der Waals surface area contributed by atoms with E-state index in [1.54, 1.807) is 0 Å². The molecular formula is C61H110O5. The van der Waals surface area contributed by atoms with Crippen molar-refractivity contribution in [1.29, 1.82) is 0 Å². The number of esters is 2. The van der Waals surface area contributed by atoms with Gasteiger partial charge in [0, 0.05) is 19.4 Å². The molecule has 0 aromatic carbocycles. The van der Waals surface area contributed by atoms with Gasteiger partial charge in [-0.1, -0.05) is 248 Å². The average Bonchev–Trinajstić information content (AvgIpc) is 3.32. The van der Waals surface area contributed by atoms with Crippen LogP contribution >= 0.6 is 0 Å². The summed E-state index contributed by atoms with van der Waals surface area (Å²) >= 11 is 0. The highest BCUT2D eigenvalue weighted by molar-refractivity contribution is 5.70. The molecule has 0 bridgehead atoms. The van der Waals surface area contributed by atoms with Crippen LogP contribution in [0.4, 0.5) is 0 Å². The molecule has 0 radical (unpaired) electrons. The summed E-state index contributed by atoms with van der Waals surface area (Å²) in [4.78, 5) is 25.5. The van der Waals surface area contributed by atoms with Crippen LogP contribution in [0.25, 0.3) is 0 Å². The lowest BCUT2D eigenvalue weighted by molar-refractivity contribution is -0.163. The molecule has 0 N–H and O–H groups in total. The molecule has 5 heteroatoms. The maximum Gasteiger partial charge on any atom is 0.306 e. The highest BCUT2D eigenvalue weighted by Gasteiger charge is 2.17. The Morgan fingerprint density at radius 3 is 1.05 bits per heavy atom. The lowest BCUT2D eigenvalue weighted by atomic mass is 10.0. The van der Waals surface area contributed by atoms with Crippen LogP contribution in [-0.2, 0) is 23.8 Å². The maximum atomic E-state index is 12.8. The maximum absolute atomic E-state index is 12.8. The molecule has 0 amide bonds. The van der Waals surface area contributed by atoms with E-state index in [1.165, 1.54) is 193 Å². The molecule has 1 unspecified atom stereocenters. The quantitative estimate of drug-likeness (QED) is 0.0346. The number of hydrogen-bond donors (Lipinski definition) is 0. The first-order chi connectivity index (χ1) is 32.6. The minimum absolute atomic E-state index is 0.0790. The second-order valence-electron chi connectivity index (χ2n) is 19.2. The molecular weight excluding hydrogens is 813 g/mol. The summed E-state index contributed by atoms with van der Waals surface area (Å²) in [6, 6.07) is 0. The van der Waals surface area contributed by atoms with Gasteiger partial charge in [0.1, 0.15) is 6.61 Å². The lowest BCUT2D eigenvalue weighted by Gasteiger charge is -2.18. The van der Waals surface area contributed by atoms with Gasteiger partial charge < -0.3 is 14.2 Å². The van der Waals surface area contributed by atoms with Gasteiger partial charge in [0.25, 0.3) is 0 Å². The van der Waals surface area contributed by atoms with Crippen molar-refractivity contribution < 1.29 is 23.8 Å². The number of carbonyl (C=O) groups excluding carboxylic acids is 2. The third-order valence-electron chi connectivity index (χ3n) is 12.5. The van der Waals surface area contributed by atoms with E-state index in [-0.39, 0.29) is 25.2 Å². The van der Waals surface area contributed by atoms with Gasteiger partial charge in [0.2, 0.25) is 0 Å². The minimum atomic E-state index is -0.544. The highest BCUT2D eigenvalue weighted by Crippen LogP contribution is 2.15. The van der Waals surface area contributed by atoms with Gasteiger partial charge in [-0.3, -0.25) is 9.59 Å². The van der Waals surface area contributed by atoms with Crippen molar-refractivity contribution in [1.82, 2.24) is 0 Å². The van der Waals surface area contributed by atoms with Crippen LogP contribution in [0.5, 0.6) is 0 Å². The summed E-state index contributed by atoms with van der Waals surface area (Å²) < 4.78 is 17.5. The van der Waals surface area contributed by atoms with Crippen LogP contribution in [0.2, 0.25) is 0 Å². The highest BCUT2D eigenvalue weighted by atomic mass is 16.6. The van der Waals surface area contributed by atoms with Crippen molar-refractivity contribution in [3.05, 3.63) is 60.8 Å². The number of ether oxygens (including phenoxy) is 3. The van der Waals surface area contributed by atoms with Gasteiger partial charge in [0.05, 0.1) is 6.61 Å². The zero-order valence-electron chi connectivity index (χ0n) is 44.2. The van der Waals surface area contributed by atoms with Crippen LogP contribution in [0, 0.1) is 0 Å². The van der Waals surface area contributed by atoms with Crippen molar-refractivity contribution >= 4 is 11.9 Å². The van der Waals surface area contributed by atoms with Crippen LogP contribution in [-0.4, -0.2) is 37.9 Å². The van der Waals surface area contributed by atoms with Gasteiger partial charge >= 0.3 is 11.9 Å². The Morgan fingerprint density at radius 2 is 0.636 bits per heavy atom. The Hall–Kier alpha value is -2.40. The van der Waals surface area contributed by atoms with E-state index in [0.29, 0.717) is 19.4 Å². The molecule has 0 aromatic heterocycles. The van der Waals surface area contributed by atoms with Crippen molar-refractivity contribution in [2.75, 3.05) is 19.8 Å². The summed E-state index contributed by atoms with van der Waals surface area (Å²) in [5.41, 5.74) is 0. The second-order valence-corrected chi connectivity index (χ2v) is 19.2. The molecule has 0 fully saturated rings. The van der Waals surface area contributed by atoms with E-state index in [2.05, 4.69) is 81.5 Å². The monoisotopic (exact) mass is 923 g/mol. The van der Waals surface area contributed by atoms with E-state index in [1.807, 2.05) is 0 Å². The SMILES string of the molecule is CCCCC/C=C\C/C=C\C/C=C\CCCCCCCCCOCC(COC(=O)CCCCCCCCC/C=C\C/C=C\CCCCC)OC(=O)CCCCCCCCCCCCCCC. The van der Waals surface area contributed by atoms with Gasteiger partial charge in [-0.05, 0) is 89.9 Å². The van der Waals surface area contributed by atoms with E-state index in [4.69, 9.17) is 14.2 Å². The zero-order valence-corrected chi connectivity index (χ0v) is 44.2. The van der Waals surface area contributed by atoms with E-state index in [0.717, 1.165) is 64.2 Å². The van der Waals surface area contributed by atoms with E-state index < -0.39 is 6.10 Å². The predicted molar refractivity (Wildman–Crippen MR) is 288 cm³/mol. The number of carbonyl (C=O) groups is 2. The van der Waals surface area contributed by atoms with Crippen LogP contribution in [0.1, 0.15) is 290 Å². The number of hydrogen-bond acceptors (Lipinski definition) is 5. The Balaban J connectivity index is 4.26. The van der Waals surface area contributed by atoms with Crippen LogP contribution in [0.3, 0.4) is 0 Å². The van der Waals surface area contributed by atoms with Gasteiger partial charge in [-0.25, -0.2) is 0 Å². The first-order valence-electron chi connectivity index (χ1n) is 28.8. The first kappa shape index (κ1) is 63.6. The van der Waals surface area contributed by atoms with Crippen molar-refractivity contribution in [2.24, 2.45) is 0 Å². The molecule has 0 aromatic rings. The third kappa shape index (κ3) is 54.2. The molecule has 5 nitrogen and oxygen atoms in total. The van der Waals surface area contributed by atoms with E-state index in [9.17, 15) is 9.59 Å². The second kappa shape index (κ2) is 56.9. The minimum Gasteiger partial charge on any atom is -0.462 e. The van der Waals surface area contributed by atoms with Gasteiger partial charge in [-0.2, -0.15) is 0 Å². The average molecular weight is 924 g/mol. The first-order valence-corrected chi connectivity index (χ1v) is 28.8. The normalized spacial score (nSPS) is 12.6. The Morgan fingerprint density at radius 1 is 0.333 bits per heavy atom. The number of allylic oxidation sites excluding steroid dienone is 10. The topological polar surface area (TPSA) is 61.8 Å². The van der Waals surface area contributed by atoms with Crippen molar-refractivity contribution in [3.8, 4) is 0 Å². The van der Waals surface area contributed by atoms with E-state index >= 15 is 0 Å². The molecule has 1 atom stereocenters. The van der Waals surface area contributed by atoms with Crippen LogP contribution < -0.4 is 0 Å². The van der Waals surface area contributed by atoms with Crippen molar-refractivity contribution in [3.63, 3.8) is 0 Å². The fraction of sp³-hybridized carbons (Fsp3) is 0.803. The molecule has 0 saturated carbocycles. The molecule has 0 aliphatic rings. The molecule has 0 saturated heterocycles. The molecule has 0 aliphatic heterocycles. The summed E-state index contributed by atoms with van der Waals surface area (Å²) in [7, 11) is 0. The fourth-order valence-corrected chi connectivity index (χ4v) is 8.20.